The summed E-state index contributed by atoms with van der Waals surface area (Å²) in [6.45, 7) is 6.75. The highest BCUT2D eigenvalue weighted by Crippen LogP contribution is 2.31. The molecule has 0 saturated carbocycles. The zero-order valence-electron chi connectivity index (χ0n) is 19.8. The minimum absolute atomic E-state index is 0.0968. The Balaban J connectivity index is 1.38. The van der Waals surface area contributed by atoms with E-state index in [1.807, 2.05) is 37.3 Å². The minimum Gasteiger partial charge on any atom is -0.491 e. The van der Waals surface area contributed by atoms with Crippen LogP contribution in [0, 0.1) is 6.92 Å². The van der Waals surface area contributed by atoms with Crippen LogP contribution in [0.15, 0.2) is 78.2 Å². The van der Waals surface area contributed by atoms with Crippen molar-refractivity contribution in [3.8, 4) is 16.9 Å². The Hall–Kier alpha value is -3.95. The van der Waals surface area contributed by atoms with Crippen LogP contribution in [0.25, 0.3) is 22.2 Å². The number of nitrogens with zero attached hydrogens (tertiary/aromatic N) is 2. The first-order valence-electron chi connectivity index (χ1n) is 11.6. The number of hydrogen-bond donors (Lipinski definition) is 2. The normalized spacial score (nSPS) is 13.6. The Kier molecular flexibility index (Phi) is 6.34. The lowest BCUT2D eigenvalue weighted by Gasteiger charge is -2.20. The smallest absolute Gasteiger partial charge is 0.254 e. The molecule has 0 saturated heterocycles. The van der Waals surface area contributed by atoms with Gasteiger partial charge in [0, 0.05) is 24.2 Å². The molecule has 3 aromatic carbocycles. The summed E-state index contributed by atoms with van der Waals surface area (Å²) in [4.78, 5) is 22.8. The number of carbonyl (C=O) groups is 1. The van der Waals surface area contributed by atoms with Crippen molar-refractivity contribution in [3.05, 3.63) is 90.3 Å². The van der Waals surface area contributed by atoms with Crippen LogP contribution in [0.4, 0.5) is 0 Å². The third kappa shape index (κ3) is 4.75. The van der Waals surface area contributed by atoms with E-state index in [2.05, 4.69) is 27.3 Å². The van der Waals surface area contributed by atoms with E-state index in [0.717, 1.165) is 39.3 Å². The zero-order chi connectivity index (χ0) is 25.3. The molecule has 0 radical (unpaired) electrons. The number of aromatic amines is 1. The molecule has 9 heteroatoms. The molecule has 8 nitrogen and oxygen atoms in total. The largest absolute Gasteiger partial charge is 0.491 e. The molecule has 0 aliphatic carbocycles. The number of sulfonamides is 1. The van der Waals surface area contributed by atoms with Crippen molar-refractivity contribution in [2.45, 2.75) is 18.4 Å². The number of fused-ring (bicyclic) bond motifs is 2. The molecular weight excluding hydrogens is 476 g/mol. The molecule has 0 atom stereocenters. The molecule has 5 rings (SSSR count). The van der Waals surface area contributed by atoms with Crippen LogP contribution in [-0.4, -0.2) is 48.9 Å². The second-order valence-electron chi connectivity index (χ2n) is 8.62. The average molecular weight is 503 g/mol. The third-order valence-corrected chi connectivity index (χ3v) is 7.53. The Morgan fingerprint density at radius 2 is 1.89 bits per heavy atom. The molecule has 4 aromatic rings. The fourth-order valence-electron chi connectivity index (χ4n) is 4.28. The molecular formula is C27H26N4O4S. The van der Waals surface area contributed by atoms with E-state index in [9.17, 15) is 13.2 Å². The minimum atomic E-state index is -3.65. The summed E-state index contributed by atoms with van der Waals surface area (Å²) in [7, 11) is -3.65. The van der Waals surface area contributed by atoms with E-state index in [1.165, 1.54) is 30.3 Å². The number of rotatable bonds is 6. The first-order valence-corrected chi connectivity index (χ1v) is 13.0. The van der Waals surface area contributed by atoms with Gasteiger partial charge in [0.05, 0.1) is 22.5 Å². The van der Waals surface area contributed by atoms with Crippen LogP contribution < -0.4 is 9.46 Å². The van der Waals surface area contributed by atoms with E-state index in [-0.39, 0.29) is 17.3 Å². The Morgan fingerprint density at radius 1 is 1.14 bits per heavy atom. The molecule has 1 aromatic heterocycles. The van der Waals surface area contributed by atoms with Crippen molar-refractivity contribution < 1.29 is 17.9 Å². The van der Waals surface area contributed by atoms with Gasteiger partial charge in [-0.2, -0.15) is 0 Å². The van der Waals surface area contributed by atoms with Gasteiger partial charge >= 0.3 is 0 Å². The van der Waals surface area contributed by atoms with Crippen LogP contribution >= 0.6 is 0 Å². The van der Waals surface area contributed by atoms with Crippen molar-refractivity contribution >= 4 is 27.0 Å². The van der Waals surface area contributed by atoms with E-state index in [0.29, 0.717) is 25.3 Å². The number of carbonyl (C=O) groups excluding carboxylic acids is 1. The van der Waals surface area contributed by atoms with Crippen molar-refractivity contribution in [2.75, 3.05) is 19.7 Å². The summed E-state index contributed by atoms with van der Waals surface area (Å²) in [6, 6.07) is 18.0. The average Bonchev–Trinajstić information content (AvgIpc) is 3.12. The monoisotopic (exact) mass is 502 g/mol. The fraction of sp³-hybridized carbons (Fsp3) is 0.185. The Bertz CT molecular complexity index is 1560. The van der Waals surface area contributed by atoms with Crippen LogP contribution in [-0.2, 0) is 16.6 Å². The number of hydrogen-bond acceptors (Lipinski definition) is 5. The third-order valence-electron chi connectivity index (χ3n) is 6.09. The Labute approximate surface area is 209 Å². The van der Waals surface area contributed by atoms with E-state index in [1.54, 1.807) is 4.90 Å². The van der Waals surface area contributed by atoms with Gasteiger partial charge in [-0.3, -0.25) is 4.79 Å². The first kappa shape index (κ1) is 23.8. The highest BCUT2D eigenvalue weighted by Gasteiger charge is 2.22. The number of nitrogens with one attached hydrogen (secondary N) is 2. The molecule has 0 bridgehead atoms. The van der Waals surface area contributed by atoms with Crippen LogP contribution in [0.2, 0.25) is 0 Å². The lowest BCUT2D eigenvalue weighted by atomic mass is 10.0. The summed E-state index contributed by atoms with van der Waals surface area (Å²) >= 11 is 0. The van der Waals surface area contributed by atoms with Crippen LogP contribution in [0.3, 0.4) is 0 Å². The van der Waals surface area contributed by atoms with Gasteiger partial charge in [0.15, 0.2) is 0 Å². The molecule has 184 valence electrons. The predicted molar refractivity (Wildman–Crippen MR) is 138 cm³/mol. The number of H-pyrrole nitrogens is 1. The highest BCUT2D eigenvalue weighted by atomic mass is 32.2. The molecule has 1 amide bonds. The summed E-state index contributed by atoms with van der Waals surface area (Å²) in [5.74, 6) is 1.43. The maximum absolute atomic E-state index is 13.3. The van der Waals surface area contributed by atoms with Gasteiger partial charge < -0.3 is 14.6 Å². The quantitative estimate of drug-likeness (QED) is 0.387. The summed E-state index contributed by atoms with van der Waals surface area (Å²) in [5.41, 5.74) is 5.27. The standard InChI is InChI=1S/C27H26N4O4S/c1-3-12-28-36(33,34)23-8-4-19(5-9-23)27(32)31-13-14-35-26-11-7-20(15-22(26)17-31)21-6-10-24-25(16-21)30-18(2)29-24/h3-11,15-16,28H,1,12-14,17H2,2H3,(H,29,30). The molecule has 2 N–H and O–H groups in total. The van der Waals surface area contributed by atoms with E-state index >= 15 is 0 Å². The maximum Gasteiger partial charge on any atom is 0.254 e. The van der Waals surface area contributed by atoms with E-state index < -0.39 is 10.0 Å². The summed E-state index contributed by atoms with van der Waals surface area (Å²) in [6.07, 6.45) is 1.47. The lowest BCUT2D eigenvalue weighted by Crippen LogP contribution is -2.32. The SMILES string of the molecule is C=CCNS(=O)(=O)c1ccc(C(=O)N2CCOc3ccc(-c4ccc5nc(C)[nH]c5c4)cc3C2)cc1. The van der Waals surface area contributed by atoms with Crippen molar-refractivity contribution in [1.29, 1.82) is 0 Å². The topological polar surface area (TPSA) is 104 Å². The summed E-state index contributed by atoms with van der Waals surface area (Å²) in [5, 5.41) is 0. The first-order chi connectivity index (χ1) is 17.3. The second-order valence-corrected chi connectivity index (χ2v) is 10.4. The number of aryl methyl sites for hydroxylation is 1. The van der Waals surface area contributed by atoms with Gasteiger partial charge in [-0.15, -0.1) is 6.58 Å². The Morgan fingerprint density at radius 3 is 2.67 bits per heavy atom. The lowest BCUT2D eigenvalue weighted by molar-refractivity contribution is 0.0733. The van der Waals surface area contributed by atoms with Crippen LogP contribution in [0.5, 0.6) is 5.75 Å². The molecule has 0 unspecified atom stereocenters. The number of benzene rings is 3. The zero-order valence-corrected chi connectivity index (χ0v) is 20.6. The van der Waals surface area contributed by atoms with Gasteiger partial charge in [-0.05, 0) is 66.6 Å². The second kappa shape index (κ2) is 9.60. The molecule has 2 heterocycles. The molecule has 1 aliphatic rings. The van der Waals surface area contributed by atoms with Gasteiger partial charge in [-0.1, -0.05) is 18.2 Å². The van der Waals surface area contributed by atoms with Gasteiger partial charge in [-0.25, -0.2) is 18.1 Å². The van der Waals surface area contributed by atoms with Gasteiger partial charge in [0.1, 0.15) is 18.2 Å². The van der Waals surface area contributed by atoms with Gasteiger partial charge in [0.25, 0.3) is 5.91 Å². The fourth-order valence-corrected chi connectivity index (χ4v) is 5.27. The van der Waals surface area contributed by atoms with E-state index in [4.69, 9.17) is 4.74 Å². The van der Waals surface area contributed by atoms with Crippen LogP contribution in [0.1, 0.15) is 21.7 Å². The molecule has 0 fully saturated rings. The predicted octanol–water partition coefficient (Wildman–Crippen LogP) is 4.04. The van der Waals surface area contributed by atoms with Crippen molar-refractivity contribution in [3.63, 3.8) is 0 Å². The molecule has 36 heavy (non-hydrogen) atoms. The number of aromatic nitrogens is 2. The number of ether oxygens (including phenoxy) is 1. The maximum atomic E-state index is 13.3. The molecule has 0 spiro atoms. The molecule has 1 aliphatic heterocycles. The van der Waals surface area contributed by atoms with Crippen molar-refractivity contribution in [1.82, 2.24) is 19.6 Å². The highest BCUT2D eigenvalue weighted by molar-refractivity contribution is 7.89. The number of amides is 1. The number of imidazole rings is 1. The van der Waals surface area contributed by atoms with Gasteiger partial charge in [0.2, 0.25) is 10.0 Å². The van der Waals surface area contributed by atoms with Crippen molar-refractivity contribution in [2.24, 2.45) is 0 Å². The summed E-state index contributed by atoms with van der Waals surface area (Å²) < 4.78 is 33.0.